The molecule has 0 spiro atoms. The van der Waals surface area contributed by atoms with Gasteiger partial charge >= 0.3 is 0 Å². The lowest BCUT2D eigenvalue weighted by Crippen LogP contribution is -2.47. The van der Waals surface area contributed by atoms with Crippen molar-refractivity contribution in [2.24, 2.45) is 0 Å². The monoisotopic (exact) mass is 306 g/mol. The van der Waals surface area contributed by atoms with Crippen LogP contribution in [0.4, 0.5) is 0 Å². The van der Waals surface area contributed by atoms with Crippen molar-refractivity contribution in [2.75, 3.05) is 13.2 Å². The fraction of sp³-hybridized carbons (Fsp3) is 0.467. The molecule has 0 bridgehead atoms. The largest absolute Gasteiger partial charge is 0.376 e. The van der Waals surface area contributed by atoms with Crippen LogP contribution in [0, 0.1) is 0 Å². The van der Waals surface area contributed by atoms with Crippen LogP contribution in [-0.4, -0.2) is 45.0 Å². The molecule has 1 aromatic carbocycles. The van der Waals surface area contributed by atoms with E-state index in [9.17, 15) is 0 Å². The van der Waals surface area contributed by atoms with E-state index in [-0.39, 0.29) is 6.10 Å². The fourth-order valence-corrected chi connectivity index (χ4v) is 2.78. The van der Waals surface area contributed by atoms with Gasteiger partial charge in [0.2, 0.25) is 0 Å². The van der Waals surface area contributed by atoms with Gasteiger partial charge in [0.15, 0.2) is 5.82 Å². The minimum absolute atomic E-state index is 0.244. The van der Waals surface area contributed by atoms with Crippen LogP contribution in [0.25, 0.3) is 11.4 Å². The average Bonchev–Trinajstić information content (AvgIpc) is 2.91. The smallest absolute Gasteiger partial charge is 0.160 e. The maximum atomic E-state index is 6.27. The number of hydrogen-bond acceptors (Lipinski definition) is 4. The third-order valence-electron chi connectivity index (χ3n) is 3.78. The molecule has 0 amide bonds. The molecule has 21 heavy (non-hydrogen) atoms. The summed E-state index contributed by atoms with van der Waals surface area (Å²) in [6.45, 7) is 6.59. The lowest BCUT2D eigenvalue weighted by molar-refractivity contribution is -0.0620. The van der Waals surface area contributed by atoms with Crippen molar-refractivity contribution < 1.29 is 4.74 Å². The van der Waals surface area contributed by atoms with E-state index in [1.807, 2.05) is 28.9 Å². The summed E-state index contributed by atoms with van der Waals surface area (Å²) in [5.41, 5.74) is 0.908. The Bertz CT molecular complexity index is 615. The van der Waals surface area contributed by atoms with Gasteiger partial charge in [-0.15, -0.1) is 0 Å². The molecule has 2 aromatic rings. The maximum absolute atomic E-state index is 6.27. The molecule has 0 radical (unpaired) electrons. The minimum atomic E-state index is 0.244. The number of rotatable bonds is 3. The van der Waals surface area contributed by atoms with Crippen LogP contribution >= 0.6 is 11.6 Å². The topological polar surface area (TPSA) is 43.2 Å². The van der Waals surface area contributed by atoms with Crippen LogP contribution in [0.2, 0.25) is 5.02 Å². The van der Waals surface area contributed by atoms with E-state index in [2.05, 4.69) is 28.8 Å². The van der Waals surface area contributed by atoms with Crippen molar-refractivity contribution in [3.05, 3.63) is 35.6 Å². The zero-order chi connectivity index (χ0) is 14.8. The molecule has 1 aliphatic rings. The number of morpholine rings is 1. The number of ether oxygens (including phenoxy) is 1. The SMILES string of the molecule is C[C@@H]1CN(Cn2ncnc2-c2ccccc2Cl)[C@H](C)CO1. The van der Waals surface area contributed by atoms with Crippen LogP contribution in [-0.2, 0) is 11.4 Å². The second-order valence-electron chi connectivity index (χ2n) is 5.47. The van der Waals surface area contributed by atoms with Gasteiger partial charge in [0.1, 0.15) is 6.33 Å². The summed E-state index contributed by atoms with van der Waals surface area (Å²) >= 11 is 6.27. The summed E-state index contributed by atoms with van der Waals surface area (Å²) in [6.07, 6.45) is 1.82. The average molecular weight is 307 g/mol. The third kappa shape index (κ3) is 3.10. The molecule has 1 aromatic heterocycles. The number of nitrogens with zero attached hydrogens (tertiary/aromatic N) is 4. The highest BCUT2D eigenvalue weighted by Gasteiger charge is 2.24. The zero-order valence-corrected chi connectivity index (χ0v) is 13.0. The Morgan fingerprint density at radius 1 is 1.33 bits per heavy atom. The first kappa shape index (κ1) is 14.5. The van der Waals surface area contributed by atoms with E-state index in [1.54, 1.807) is 6.33 Å². The van der Waals surface area contributed by atoms with Gasteiger partial charge in [0.05, 0.1) is 24.4 Å². The number of hydrogen-bond donors (Lipinski definition) is 0. The maximum Gasteiger partial charge on any atom is 0.160 e. The van der Waals surface area contributed by atoms with Crippen molar-refractivity contribution in [3.8, 4) is 11.4 Å². The number of benzene rings is 1. The summed E-state index contributed by atoms with van der Waals surface area (Å²) in [5.74, 6) is 0.798. The van der Waals surface area contributed by atoms with Gasteiger partial charge in [0, 0.05) is 18.2 Å². The number of halogens is 1. The predicted octanol–water partition coefficient (Wildman–Crippen LogP) is 2.67. The zero-order valence-electron chi connectivity index (χ0n) is 12.2. The highest BCUT2D eigenvalue weighted by Crippen LogP contribution is 2.26. The van der Waals surface area contributed by atoms with Gasteiger partial charge in [-0.25, -0.2) is 9.67 Å². The first-order valence-electron chi connectivity index (χ1n) is 7.13. The Kier molecular flexibility index (Phi) is 4.24. The molecule has 6 heteroatoms. The summed E-state index contributed by atoms with van der Waals surface area (Å²) in [6, 6.07) is 8.08. The van der Waals surface area contributed by atoms with Crippen LogP contribution in [0.15, 0.2) is 30.6 Å². The van der Waals surface area contributed by atoms with Crippen LogP contribution < -0.4 is 0 Å². The molecule has 1 fully saturated rings. The Hall–Kier alpha value is -1.43. The second kappa shape index (κ2) is 6.13. The molecular formula is C15H19ClN4O. The van der Waals surface area contributed by atoms with Crippen molar-refractivity contribution in [1.29, 1.82) is 0 Å². The van der Waals surface area contributed by atoms with Crippen LogP contribution in [0.5, 0.6) is 0 Å². The van der Waals surface area contributed by atoms with E-state index in [1.165, 1.54) is 0 Å². The molecule has 2 heterocycles. The Morgan fingerprint density at radius 2 is 2.14 bits per heavy atom. The number of aromatic nitrogens is 3. The Morgan fingerprint density at radius 3 is 2.95 bits per heavy atom. The summed E-state index contributed by atoms with van der Waals surface area (Å²) < 4.78 is 7.56. The molecular weight excluding hydrogens is 288 g/mol. The first-order valence-corrected chi connectivity index (χ1v) is 7.51. The summed E-state index contributed by atoms with van der Waals surface area (Å²) in [7, 11) is 0. The molecule has 112 valence electrons. The van der Waals surface area contributed by atoms with Crippen molar-refractivity contribution in [3.63, 3.8) is 0 Å². The Labute approximate surface area is 129 Å². The van der Waals surface area contributed by atoms with Crippen molar-refractivity contribution in [1.82, 2.24) is 19.7 Å². The van der Waals surface area contributed by atoms with E-state index in [0.29, 0.717) is 17.7 Å². The Balaban J connectivity index is 1.84. The molecule has 3 rings (SSSR count). The highest BCUT2D eigenvalue weighted by molar-refractivity contribution is 6.33. The predicted molar refractivity (Wildman–Crippen MR) is 82.1 cm³/mol. The molecule has 0 saturated carbocycles. The van der Waals surface area contributed by atoms with E-state index >= 15 is 0 Å². The lowest BCUT2D eigenvalue weighted by Gasteiger charge is -2.36. The standard InChI is InChI=1S/C15H19ClN4O/c1-11-8-21-12(2)7-19(11)10-20-15(17-9-18-20)13-5-3-4-6-14(13)16/h3-6,9,11-12H,7-8,10H2,1-2H3/t11-,12-/m1/s1. The van der Waals surface area contributed by atoms with Gasteiger partial charge in [-0.05, 0) is 26.0 Å². The first-order chi connectivity index (χ1) is 10.1. The van der Waals surface area contributed by atoms with Gasteiger partial charge in [-0.3, -0.25) is 4.90 Å². The van der Waals surface area contributed by atoms with Crippen LogP contribution in [0.1, 0.15) is 13.8 Å². The van der Waals surface area contributed by atoms with Gasteiger partial charge in [0.25, 0.3) is 0 Å². The highest BCUT2D eigenvalue weighted by atomic mass is 35.5. The third-order valence-corrected chi connectivity index (χ3v) is 4.11. The van der Waals surface area contributed by atoms with Gasteiger partial charge in [-0.1, -0.05) is 23.7 Å². The normalized spacial score (nSPS) is 23.4. The van der Waals surface area contributed by atoms with Crippen molar-refractivity contribution in [2.45, 2.75) is 32.7 Å². The van der Waals surface area contributed by atoms with E-state index in [0.717, 1.165) is 24.5 Å². The van der Waals surface area contributed by atoms with Gasteiger partial charge in [-0.2, -0.15) is 5.10 Å². The molecule has 1 saturated heterocycles. The molecule has 2 atom stereocenters. The molecule has 1 aliphatic heterocycles. The van der Waals surface area contributed by atoms with E-state index in [4.69, 9.17) is 16.3 Å². The minimum Gasteiger partial charge on any atom is -0.376 e. The van der Waals surface area contributed by atoms with Crippen LogP contribution in [0.3, 0.4) is 0 Å². The van der Waals surface area contributed by atoms with Gasteiger partial charge < -0.3 is 4.74 Å². The molecule has 0 aliphatic carbocycles. The second-order valence-corrected chi connectivity index (χ2v) is 5.88. The molecule has 0 unspecified atom stereocenters. The molecule has 5 nitrogen and oxygen atoms in total. The van der Waals surface area contributed by atoms with E-state index < -0.39 is 0 Å². The summed E-state index contributed by atoms with van der Waals surface area (Å²) in [4.78, 5) is 6.72. The summed E-state index contributed by atoms with van der Waals surface area (Å²) in [5, 5.41) is 5.04. The lowest BCUT2D eigenvalue weighted by atomic mass is 10.2. The molecule has 0 N–H and O–H groups in total. The van der Waals surface area contributed by atoms with Crippen molar-refractivity contribution >= 4 is 11.6 Å². The quantitative estimate of drug-likeness (QED) is 0.874. The fourth-order valence-electron chi connectivity index (χ4n) is 2.56.